The first-order valence-corrected chi connectivity index (χ1v) is 7.42. The molecule has 7 nitrogen and oxygen atoms in total. The summed E-state index contributed by atoms with van der Waals surface area (Å²) in [6, 6.07) is 14.5. The Bertz CT molecular complexity index is 1020. The highest BCUT2D eigenvalue weighted by molar-refractivity contribution is 6.03. The van der Waals surface area contributed by atoms with Crippen molar-refractivity contribution in [2.75, 3.05) is 6.54 Å². The fourth-order valence-corrected chi connectivity index (χ4v) is 2.55. The first-order chi connectivity index (χ1) is 12.0. The van der Waals surface area contributed by atoms with Gasteiger partial charge in [0.1, 0.15) is 17.9 Å². The fraction of sp³-hybridized carbons (Fsp3) is 0.0556. The highest BCUT2D eigenvalue weighted by Crippen LogP contribution is 2.29. The molecule has 0 aliphatic heterocycles. The Morgan fingerprint density at radius 3 is 2.44 bits per heavy atom. The van der Waals surface area contributed by atoms with Crippen LogP contribution in [-0.4, -0.2) is 33.6 Å². The minimum absolute atomic E-state index is 0.291. The summed E-state index contributed by atoms with van der Waals surface area (Å²) in [4.78, 5) is 37.2. The van der Waals surface area contributed by atoms with Gasteiger partial charge < -0.3 is 20.5 Å². The van der Waals surface area contributed by atoms with E-state index in [1.54, 1.807) is 18.2 Å². The summed E-state index contributed by atoms with van der Waals surface area (Å²) in [5.41, 5.74) is 0.845. The second-order valence-electron chi connectivity index (χ2n) is 5.38. The molecule has 3 rings (SSSR count). The number of aromatic nitrogens is 1. The third kappa shape index (κ3) is 3.20. The SMILES string of the molecule is O=C(O)CNC(=O)c1c(O)c2ccc(-c3ccccc3)cc2[nH]c1=O. The Morgan fingerprint density at radius 1 is 1.04 bits per heavy atom. The summed E-state index contributed by atoms with van der Waals surface area (Å²) in [5, 5.41) is 21.2. The van der Waals surface area contributed by atoms with Crippen LogP contribution in [0.4, 0.5) is 0 Å². The summed E-state index contributed by atoms with van der Waals surface area (Å²) < 4.78 is 0. The number of hydrogen-bond acceptors (Lipinski definition) is 4. The van der Waals surface area contributed by atoms with Crippen molar-refractivity contribution in [2.24, 2.45) is 0 Å². The molecule has 0 radical (unpaired) electrons. The molecule has 1 heterocycles. The molecule has 3 aromatic rings. The number of hydrogen-bond donors (Lipinski definition) is 4. The molecule has 0 fully saturated rings. The van der Waals surface area contributed by atoms with Gasteiger partial charge in [0.2, 0.25) is 0 Å². The van der Waals surface area contributed by atoms with Crippen LogP contribution in [0.5, 0.6) is 5.75 Å². The standard InChI is InChI=1S/C18H14N2O5/c21-14(22)9-19-17(24)15-16(23)12-7-6-11(8-13(12)20-18(15)25)10-4-2-1-3-5-10/h1-8H,9H2,(H,19,24)(H,21,22)(H2,20,23,25). The number of aromatic amines is 1. The van der Waals surface area contributed by atoms with Gasteiger partial charge in [0.15, 0.2) is 0 Å². The van der Waals surface area contributed by atoms with Crippen molar-refractivity contribution in [3.63, 3.8) is 0 Å². The Morgan fingerprint density at radius 2 is 1.76 bits per heavy atom. The quantitative estimate of drug-likeness (QED) is 0.577. The summed E-state index contributed by atoms with van der Waals surface area (Å²) in [6.07, 6.45) is 0. The van der Waals surface area contributed by atoms with E-state index in [4.69, 9.17) is 5.11 Å². The molecular weight excluding hydrogens is 324 g/mol. The van der Waals surface area contributed by atoms with Gasteiger partial charge in [0.25, 0.3) is 11.5 Å². The van der Waals surface area contributed by atoms with Gasteiger partial charge in [0, 0.05) is 5.39 Å². The molecule has 4 N–H and O–H groups in total. The van der Waals surface area contributed by atoms with Crippen molar-refractivity contribution in [3.8, 4) is 16.9 Å². The maximum absolute atomic E-state index is 12.2. The van der Waals surface area contributed by atoms with E-state index < -0.39 is 35.3 Å². The lowest BCUT2D eigenvalue weighted by Gasteiger charge is -2.09. The van der Waals surface area contributed by atoms with Crippen LogP contribution < -0.4 is 10.9 Å². The Balaban J connectivity index is 2.07. The number of amides is 1. The van der Waals surface area contributed by atoms with Crippen molar-refractivity contribution >= 4 is 22.8 Å². The van der Waals surface area contributed by atoms with E-state index in [0.717, 1.165) is 11.1 Å². The molecular formula is C18H14N2O5. The zero-order valence-corrected chi connectivity index (χ0v) is 12.9. The predicted octanol–water partition coefficient (Wildman–Crippen LogP) is 1.72. The van der Waals surface area contributed by atoms with Gasteiger partial charge >= 0.3 is 5.97 Å². The Kier molecular flexibility index (Phi) is 4.21. The smallest absolute Gasteiger partial charge is 0.322 e. The van der Waals surface area contributed by atoms with Crippen molar-refractivity contribution in [1.82, 2.24) is 10.3 Å². The van der Waals surface area contributed by atoms with Crippen LogP contribution in [-0.2, 0) is 4.79 Å². The topological polar surface area (TPSA) is 119 Å². The van der Waals surface area contributed by atoms with E-state index in [1.165, 1.54) is 0 Å². The van der Waals surface area contributed by atoms with Crippen LogP contribution in [0.1, 0.15) is 10.4 Å². The number of H-pyrrole nitrogens is 1. The van der Waals surface area contributed by atoms with Gasteiger partial charge in [0.05, 0.1) is 5.52 Å². The average molecular weight is 338 g/mol. The largest absolute Gasteiger partial charge is 0.506 e. The van der Waals surface area contributed by atoms with Crippen LogP contribution in [0, 0.1) is 0 Å². The predicted molar refractivity (Wildman–Crippen MR) is 91.6 cm³/mol. The van der Waals surface area contributed by atoms with Gasteiger partial charge in [-0.15, -0.1) is 0 Å². The van der Waals surface area contributed by atoms with Gasteiger partial charge in [-0.2, -0.15) is 0 Å². The highest BCUT2D eigenvalue weighted by Gasteiger charge is 2.19. The molecule has 126 valence electrons. The molecule has 7 heteroatoms. The number of fused-ring (bicyclic) bond motifs is 1. The van der Waals surface area contributed by atoms with Crippen LogP contribution in [0.2, 0.25) is 0 Å². The lowest BCUT2D eigenvalue weighted by atomic mass is 10.0. The first-order valence-electron chi connectivity index (χ1n) is 7.42. The summed E-state index contributed by atoms with van der Waals surface area (Å²) in [6.45, 7) is -0.650. The maximum Gasteiger partial charge on any atom is 0.322 e. The minimum atomic E-state index is -1.25. The number of nitrogens with one attached hydrogen (secondary N) is 2. The number of aliphatic carboxylic acids is 1. The van der Waals surface area contributed by atoms with Crippen LogP contribution in [0.25, 0.3) is 22.0 Å². The van der Waals surface area contributed by atoms with Gasteiger partial charge in [-0.25, -0.2) is 0 Å². The molecule has 0 spiro atoms. The molecule has 0 saturated heterocycles. The van der Waals surface area contributed by atoms with Crippen molar-refractivity contribution in [2.45, 2.75) is 0 Å². The number of pyridine rings is 1. The molecule has 0 aliphatic carbocycles. The Labute approximate surface area is 141 Å². The number of carbonyl (C=O) groups is 2. The van der Waals surface area contributed by atoms with E-state index in [2.05, 4.69) is 10.3 Å². The molecule has 2 aromatic carbocycles. The molecule has 0 atom stereocenters. The number of rotatable bonds is 4. The third-order valence-electron chi connectivity index (χ3n) is 3.72. The maximum atomic E-state index is 12.2. The Hall–Kier alpha value is -3.61. The molecule has 1 aromatic heterocycles. The van der Waals surface area contributed by atoms with Gasteiger partial charge in [-0.3, -0.25) is 14.4 Å². The second kappa shape index (κ2) is 6.48. The molecule has 0 bridgehead atoms. The number of carbonyl (C=O) groups excluding carboxylic acids is 1. The molecule has 1 amide bonds. The van der Waals surface area contributed by atoms with Gasteiger partial charge in [-0.1, -0.05) is 36.4 Å². The average Bonchev–Trinajstić information content (AvgIpc) is 2.60. The van der Waals surface area contributed by atoms with Crippen LogP contribution in [0.15, 0.2) is 53.3 Å². The highest BCUT2D eigenvalue weighted by atomic mass is 16.4. The number of carboxylic acids is 1. The van der Waals surface area contributed by atoms with E-state index >= 15 is 0 Å². The number of aromatic hydroxyl groups is 1. The van der Waals surface area contributed by atoms with E-state index in [0.29, 0.717) is 10.9 Å². The van der Waals surface area contributed by atoms with Gasteiger partial charge in [-0.05, 0) is 23.3 Å². The molecule has 25 heavy (non-hydrogen) atoms. The molecule has 0 unspecified atom stereocenters. The van der Waals surface area contributed by atoms with Crippen molar-refractivity contribution < 1.29 is 19.8 Å². The fourth-order valence-electron chi connectivity index (χ4n) is 2.55. The normalized spacial score (nSPS) is 10.6. The van der Waals surface area contributed by atoms with Crippen LogP contribution >= 0.6 is 0 Å². The lowest BCUT2D eigenvalue weighted by molar-refractivity contribution is -0.135. The van der Waals surface area contributed by atoms with E-state index in [1.807, 2.05) is 30.3 Å². The zero-order valence-electron chi connectivity index (χ0n) is 12.9. The van der Waals surface area contributed by atoms with E-state index in [-0.39, 0.29) is 0 Å². The zero-order chi connectivity index (χ0) is 18.0. The molecule has 0 saturated carbocycles. The third-order valence-corrected chi connectivity index (χ3v) is 3.72. The minimum Gasteiger partial charge on any atom is -0.506 e. The van der Waals surface area contributed by atoms with Crippen molar-refractivity contribution in [1.29, 1.82) is 0 Å². The monoisotopic (exact) mass is 338 g/mol. The van der Waals surface area contributed by atoms with Crippen LogP contribution in [0.3, 0.4) is 0 Å². The summed E-state index contributed by atoms with van der Waals surface area (Å²) >= 11 is 0. The lowest BCUT2D eigenvalue weighted by Crippen LogP contribution is -2.33. The second-order valence-corrected chi connectivity index (χ2v) is 5.38. The first kappa shape index (κ1) is 16.3. The van der Waals surface area contributed by atoms with E-state index in [9.17, 15) is 19.5 Å². The summed E-state index contributed by atoms with van der Waals surface area (Å²) in [7, 11) is 0. The number of carboxylic acid groups (broad SMARTS) is 1. The number of benzene rings is 2. The molecule has 0 aliphatic rings. The summed E-state index contributed by atoms with van der Waals surface area (Å²) in [5.74, 6) is -2.69. The van der Waals surface area contributed by atoms with Crippen molar-refractivity contribution in [3.05, 3.63) is 64.4 Å².